The van der Waals surface area contributed by atoms with Crippen LogP contribution in [0.25, 0.3) is 0 Å². The van der Waals surface area contributed by atoms with Crippen LogP contribution in [0.15, 0.2) is 54.1 Å². The molecule has 0 bridgehead atoms. The zero-order chi connectivity index (χ0) is 22.6. The van der Waals surface area contributed by atoms with Crippen molar-refractivity contribution in [2.75, 3.05) is 0 Å². The quantitative estimate of drug-likeness (QED) is 0.374. The molecule has 0 spiro atoms. The summed E-state index contributed by atoms with van der Waals surface area (Å²) in [5.74, 6) is 2.91. The number of fused-ring (bicyclic) bond motifs is 1. The van der Waals surface area contributed by atoms with Gasteiger partial charge >= 0.3 is 192 Å². The van der Waals surface area contributed by atoms with Crippen molar-refractivity contribution in [2.24, 2.45) is 0 Å². The Hall–Kier alpha value is -2.47. The number of hydrogen-bond donors (Lipinski definition) is 1. The van der Waals surface area contributed by atoms with Crippen LogP contribution in [-0.2, 0) is 22.2 Å². The second kappa shape index (κ2) is 9.35. The van der Waals surface area contributed by atoms with E-state index >= 15 is 0 Å². The molecule has 0 heterocycles. The molecule has 2 aromatic rings. The van der Waals surface area contributed by atoms with Gasteiger partial charge in [0.2, 0.25) is 0 Å². The molecule has 2 aromatic carbocycles. The number of hydrogen-bond acceptors (Lipinski definition) is 2. The van der Waals surface area contributed by atoms with E-state index in [-0.39, 0.29) is 25.8 Å². The Morgan fingerprint density at radius 3 is 2.32 bits per heavy atom. The molecule has 0 saturated heterocycles. The van der Waals surface area contributed by atoms with Gasteiger partial charge in [0.1, 0.15) is 0 Å². The zero-order valence-electron chi connectivity index (χ0n) is 18.9. The molecule has 0 amide bonds. The fraction of sp³-hybridized carbons (Fsp3) is 0.370. The van der Waals surface area contributed by atoms with Gasteiger partial charge in [-0.05, 0) is 0 Å². The molecule has 3 rings (SSSR count). The van der Waals surface area contributed by atoms with Crippen molar-refractivity contribution in [3.63, 3.8) is 0 Å². The van der Waals surface area contributed by atoms with E-state index in [2.05, 4.69) is 62.7 Å². The molecule has 1 aliphatic rings. The number of ether oxygens (including phenoxy) is 1. The van der Waals surface area contributed by atoms with E-state index in [1.54, 1.807) is 6.92 Å². The number of rotatable bonds is 5. The van der Waals surface area contributed by atoms with Crippen molar-refractivity contribution in [1.29, 1.82) is 0 Å². The minimum absolute atomic E-state index is 0.105. The molecular weight excluding hydrogens is 451 g/mol. The Kier molecular flexibility index (Phi) is 6.99. The van der Waals surface area contributed by atoms with Gasteiger partial charge in [0.15, 0.2) is 0 Å². The first kappa shape index (κ1) is 23.2. The molecule has 3 nitrogen and oxygen atoms in total. The summed E-state index contributed by atoms with van der Waals surface area (Å²) in [4.78, 5) is 14.1. The predicted molar refractivity (Wildman–Crippen MR) is 127 cm³/mol. The van der Waals surface area contributed by atoms with E-state index in [1.807, 2.05) is 18.2 Å². The fourth-order valence-electron chi connectivity index (χ4n) is 3.88. The molecule has 0 radical (unpaired) electrons. The van der Waals surface area contributed by atoms with Crippen molar-refractivity contribution < 1.29 is 14.6 Å². The number of carboxylic acids is 1. The van der Waals surface area contributed by atoms with E-state index in [4.69, 9.17) is 9.84 Å². The van der Waals surface area contributed by atoms with Crippen LogP contribution in [0.2, 0.25) is 0 Å². The maximum atomic E-state index is 10.9. The van der Waals surface area contributed by atoms with E-state index < -0.39 is 5.97 Å². The average Bonchev–Trinajstić information content (AvgIpc) is 2.70. The summed E-state index contributed by atoms with van der Waals surface area (Å²) in [6, 6.07) is 14.7. The molecule has 31 heavy (non-hydrogen) atoms. The maximum absolute atomic E-state index is 10.9. The van der Waals surface area contributed by atoms with E-state index in [0.29, 0.717) is 12.2 Å². The van der Waals surface area contributed by atoms with Gasteiger partial charge in [-0.2, -0.15) is 0 Å². The van der Waals surface area contributed by atoms with Crippen molar-refractivity contribution >= 4 is 25.4 Å². The van der Waals surface area contributed by atoms with Gasteiger partial charge < -0.3 is 0 Å². The standard InChI is InChI=1S/C27H30O3Se/c1-19(15-25(28)29)11-14-31-24-17-22-21(26(2,3)12-13-27(22,4)5)16-23(24)30-18-20-9-7-6-8-10-20/h6-10,15-17H,12-13,18H2,1-5H3,(H,28,29). The van der Waals surface area contributed by atoms with Gasteiger partial charge in [-0.1, -0.05) is 0 Å². The van der Waals surface area contributed by atoms with Crippen LogP contribution in [0, 0.1) is 10.7 Å². The molecule has 0 fully saturated rings. The van der Waals surface area contributed by atoms with Crippen LogP contribution in [0.3, 0.4) is 0 Å². The first-order valence-electron chi connectivity index (χ1n) is 10.5. The van der Waals surface area contributed by atoms with Crippen LogP contribution in [-0.4, -0.2) is 26.0 Å². The third-order valence-corrected chi connectivity index (χ3v) is 7.46. The van der Waals surface area contributed by atoms with E-state index in [0.717, 1.165) is 34.7 Å². The van der Waals surface area contributed by atoms with Crippen molar-refractivity contribution in [3.8, 4) is 16.5 Å². The molecular formula is C27H30O3Se. The second-order valence-electron chi connectivity index (χ2n) is 9.38. The van der Waals surface area contributed by atoms with Crippen molar-refractivity contribution in [3.05, 3.63) is 70.8 Å². The van der Waals surface area contributed by atoms with Crippen LogP contribution in [0.5, 0.6) is 5.75 Å². The van der Waals surface area contributed by atoms with Crippen LogP contribution < -0.4 is 9.20 Å². The molecule has 4 heteroatoms. The molecule has 0 aromatic heterocycles. The first-order valence-corrected chi connectivity index (χ1v) is 12.2. The topological polar surface area (TPSA) is 46.5 Å². The molecule has 0 saturated carbocycles. The Morgan fingerprint density at radius 2 is 1.71 bits per heavy atom. The second-order valence-corrected chi connectivity index (χ2v) is 11.2. The summed E-state index contributed by atoms with van der Waals surface area (Å²) in [6.07, 6.45) is 3.44. The summed E-state index contributed by atoms with van der Waals surface area (Å²) in [7, 11) is 0. The summed E-state index contributed by atoms with van der Waals surface area (Å²) in [5, 5.41) is 8.90. The molecule has 0 aliphatic heterocycles. The molecule has 1 aliphatic carbocycles. The third-order valence-electron chi connectivity index (χ3n) is 5.90. The first-order chi connectivity index (χ1) is 14.6. The minimum atomic E-state index is -0.969. The van der Waals surface area contributed by atoms with Gasteiger partial charge in [-0.3, -0.25) is 0 Å². The van der Waals surface area contributed by atoms with Gasteiger partial charge in [-0.25, -0.2) is 0 Å². The monoisotopic (exact) mass is 482 g/mol. The van der Waals surface area contributed by atoms with Gasteiger partial charge in [0.05, 0.1) is 0 Å². The van der Waals surface area contributed by atoms with Crippen LogP contribution >= 0.6 is 0 Å². The molecule has 162 valence electrons. The fourth-order valence-corrected chi connectivity index (χ4v) is 5.39. The van der Waals surface area contributed by atoms with Crippen molar-refractivity contribution in [1.82, 2.24) is 0 Å². The van der Waals surface area contributed by atoms with Crippen molar-refractivity contribution in [2.45, 2.75) is 64.9 Å². The third kappa shape index (κ3) is 5.82. The summed E-state index contributed by atoms with van der Waals surface area (Å²) < 4.78 is 7.43. The normalized spacial score (nSPS) is 16.6. The Balaban J connectivity index is 2.00. The average molecular weight is 481 g/mol. The summed E-state index contributed by atoms with van der Waals surface area (Å²) in [6.45, 7) is 11.5. The Labute approximate surface area is 192 Å². The predicted octanol–water partition coefficient (Wildman–Crippen LogP) is 4.94. The van der Waals surface area contributed by atoms with Crippen LogP contribution in [0.4, 0.5) is 0 Å². The zero-order valence-corrected chi connectivity index (χ0v) is 20.6. The van der Waals surface area contributed by atoms with E-state index in [9.17, 15) is 4.79 Å². The molecule has 0 unspecified atom stereocenters. The molecule has 0 atom stereocenters. The van der Waals surface area contributed by atoms with Crippen LogP contribution in [0.1, 0.15) is 64.2 Å². The number of benzene rings is 2. The number of allylic oxidation sites excluding steroid dienone is 1. The van der Waals surface area contributed by atoms with Gasteiger partial charge in [0.25, 0.3) is 0 Å². The van der Waals surface area contributed by atoms with Gasteiger partial charge in [0, 0.05) is 0 Å². The SMILES string of the molecule is CC(C#C[Se]c1cc2c(cc1OCc1ccccc1)C(C)(C)CCC2(C)C)=CC(=O)O. The Bertz CT molecular complexity index is 1050. The Morgan fingerprint density at radius 1 is 1.10 bits per heavy atom. The number of aliphatic carboxylic acids is 1. The van der Waals surface area contributed by atoms with Gasteiger partial charge in [-0.15, -0.1) is 0 Å². The number of carbonyl (C=O) groups is 1. The van der Waals surface area contributed by atoms with E-state index in [1.165, 1.54) is 11.1 Å². The number of carboxylic acid groups (broad SMARTS) is 1. The summed E-state index contributed by atoms with van der Waals surface area (Å²) >= 11 is -0.147. The summed E-state index contributed by atoms with van der Waals surface area (Å²) in [5.41, 5.74) is 4.65. The molecule has 1 N–H and O–H groups in total.